The molecule has 3 aliphatic rings. The van der Waals surface area contributed by atoms with E-state index < -0.39 is 0 Å². The Morgan fingerprint density at radius 2 is 1.75 bits per heavy atom. The molecule has 0 aromatic carbocycles. The zero-order valence-corrected chi connectivity index (χ0v) is 13.7. The third-order valence-electron chi connectivity index (χ3n) is 6.05. The van der Waals surface area contributed by atoms with Crippen molar-refractivity contribution in [2.75, 3.05) is 33.2 Å². The lowest BCUT2D eigenvalue weighted by molar-refractivity contribution is 0.0780. The largest absolute Gasteiger partial charge is 0.315 e. The summed E-state index contributed by atoms with van der Waals surface area (Å²) in [5, 5.41) is 3.60. The molecule has 3 heteroatoms. The van der Waals surface area contributed by atoms with Gasteiger partial charge in [0.1, 0.15) is 0 Å². The fourth-order valence-electron chi connectivity index (χ4n) is 4.74. The molecule has 116 valence electrons. The molecule has 1 N–H and O–H groups in total. The molecule has 0 aromatic heterocycles. The molecule has 0 amide bonds. The molecule has 3 nitrogen and oxygen atoms in total. The minimum Gasteiger partial charge on any atom is -0.315 e. The summed E-state index contributed by atoms with van der Waals surface area (Å²) in [5.74, 6) is 0. The van der Waals surface area contributed by atoms with Crippen LogP contribution in [0.2, 0.25) is 0 Å². The average molecular weight is 279 g/mol. The van der Waals surface area contributed by atoms with Gasteiger partial charge in [0.15, 0.2) is 0 Å². The highest BCUT2D eigenvalue weighted by molar-refractivity contribution is 4.98. The van der Waals surface area contributed by atoms with E-state index in [2.05, 4.69) is 36.0 Å². The Kier molecular flexibility index (Phi) is 4.40. The van der Waals surface area contributed by atoms with E-state index in [-0.39, 0.29) is 0 Å². The van der Waals surface area contributed by atoms with Crippen LogP contribution in [0.4, 0.5) is 0 Å². The topological polar surface area (TPSA) is 18.5 Å². The molecule has 3 fully saturated rings. The van der Waals surface area contributed by atoms with Gasteiger partial charge in [0.25, 0.3) is 0 Å². The summed E-state index contributed by atoms with van der Waals surface area (Å²) in [6, 6.07) is 2.32. The van der Waals surface area contributed by atoms with Gasteiger partial charge in [-0.15, -0.1) is 0 Å². The van der Waals surface area contributed by atoms with Crippen molar-refractivity contribution in [3.05, 3.63) is 0 Å². The van der Waals surface area contributed by atoms with Crippen LogP contribution >= 0.6 is 0 Å². The van der Waals surface area contributed by atoms with E-state index in [0.29, 0.717) is 11.5 Å². The first-order chi connectivity index (χ1) is 9.59. The predicted octanol–water partition coefficient (Wildman–Crippen LogP) is 2.32. The Bertz CT molecular complexity index is 322. The zero-order valence-electron chi connectivity index (χ0n) is 13.7. The maximum atomic E-state index is 3.60. The smallest absolute Gasteiger partial charge is 0.0254 e. The normalized spacial score (nSPS) is 39.5. The molecule has 1 aliphatic carbocycles. The number of hydrogen-bond donors (Lipinski definition) is 1. The highest BCUT2D eigenvalue weighted by Crippen LogP contribution is 2.38. The minimum atomic E-state index is 0.531. The maximum Gasteiger partial charge on any atom is 0.0254 e. The zero-order chi connectivity index (χ0) is 14.2. The van der Waals surface area contributed by atoms with Crippen LogP contribution in [-0.4, -0.2) is 61.2 Å². The van der Waals surface area contributed by atoms with Crippen molar-refractivity contribution in [3.63, 3.8) is 0 Å². The van der Waals surface area contributed by atoms with Gasteiger partial charge in [0.2, 0.25) is 0 Å². The molecule has 0 spiro atoms. The third kappa shape index (κ3) is 3.05. The Hall–Kier alpha value is -0.120. The summed E-state index contributed by atoms with van der Waals surface area (Å²) in [6.07, 6.45) is 8.33. The lowest BCUT2D eigenvalue weighted by Crippen LogP contribution is -2.53. The van der Waals surface area contributed by atoms with Gasteiger partial charge in [-0.25, -0.2) is 0 Å². The first-order valence-electron chi connectivity index (χ1n) is 8.74. The van der Waals surface area contributed by atoms with Gasteiger partial charge in [-0.1, -0.05) is 13.8 Å². The first kappa shape index (κ1) is 14.8. The van der Waals surface area contributed by atoms with Crippen molar-refractivity contribution in [2.45, 2.75) is 70.5 Å². The van der Waals surface area contributed by atoms with E-state index in [1.54, 1.807) is 0 Å². The van der Waals surface area contributed by atoms with Gasteiger partial charge in [0.05, 0.1) is 0 Å². The second-order valence-corrected chi connectivity index (χ2v) is 8.05. The molecule has 3 atom stereocenters. The van der Waals surface area contributed by atoms with Crippen LogP contribution in [0.15, 0.2) is 0 Å². The average Bonchev–Trinajstić information content (AvgIpc) is 3.09. The molecule has 2 heterocycles. The van der Waals surface area contributed by atoms with Crippen LogP contribution in [0.25, 0.3) is 0 Å². The van der Waals surface area contributed by atoms with E-state index >= 15 is 0 Å². The Morgan fingerprint density at radius 3 is 2.45 bits per heavy atom. The summed E-state index contributed by atoms with van der Waals surface area (Å²) in [4.78, 5) is 5.56. The van der Waals surface area contributed by atoms with E-state index in [0.717, 1.165) is 12.1 Å². The van der Waals surface area contributed by atoms with Gasteiger partial charge in [-0.3, -0.25) is 9.80 Å². The molecule has 20 heavy (non-hydrogen) atoms. The quantitative estimate of drug-likeness (QED) is 0.855. The van der Waals surface area contributed by atoms with Crippen LogP contribution in [-0.2, 0) is 0 Å². The molecular formula is C17H33N3. The first-order valence-corrected chi connectivity index (χ1v) is 8.74. The van der Waals surface area contributed by atoms with Gasteiger partial charge < -0.3 is 5.32 Å². The molecule has 3 unspecified atom stereocenters. The van der Waals surface area contributed by atoms with E-state index in [9.17, 15) is 0 Å². The van der Waals surface area contributed by atoms with E-state index in [1.807, 2.05) is 0 Å². The Balaban J connectivity index is 1.62. The summed E-state index contributed by atoms with van der Waals surface area (Å²) in [7, 11) is 2.16. The molecule has 2 aliphatic heterocycles. The molecule has 2 saturated heterocycles. The summed E-state index contributed by atoms with van der Waals surface area (Å²) in [5.41, 5.74) is 0.531. The predicted molar refractivity (Wildman–Crippen MR) is 85.1 cm³/mol. The van der Waals surface area contributed by atoms with Crippen molar-refractivity contribution in [2.24, 2.45) is 5.41 Å². The van der Waals surface area contributed by atoms with Gasteiger partial charge in [0, 0.05) is 31.2 Å². The van der Waals surface area contributed by atoms with Crippen LogP contribution in [0.1, 0.15) is 52.4 Å². The molecule has 0 aromatic rings. The van der Waals surface area contributed by atoms with Gasteiger partial charge >= 0.3 is 0 Å². The third-order valence-corrected chi connectivity index (χ3v) is 6.05. The molecule has 1 saturated carbocycles. The van der Waals surface area contributed by atoms with Gasteiger partial charge in [-0.2, -0.15) is 0 Å². The standard InChI is InChI=1S/C17H33N3/c1-17(2)8-6-15(18-3)16(12-17)20-11-7-14(13-20)19-9-4-5-10-19/h14-16,18H,4-13H2,1-3H3. The van der Waals surface area contributed by atoms with Crippen LogP contribution < -0.4 is 5.32 Å². The Labute approximate surface area is 125 Å². The number of likely N-dealkylation sites (tertiary alicyclic amines) is 2. The number of hydrogen-bond acceptors (Lipinski definition) is 3. The molecule has 0 radical (unpaired) electrons. The van der Waals surface area contributed by atoms with E-state index in [1.165, 1.54) is 64.7 Å². The van der Waals surface area contributed by atoms with Crippen molar-refractivity contribution >= 4 is 0 Å². The SMILES string of the molecule is CNC1CCC(C)(C)CC1N1CCC(N2CCCC2)C1. The fraction of sp³-hybridized carbons (Fsp3) is 1.00. The maximum absolute atomic E-state index is 3.60. The fourth-order valence-corrected chi connectivity index (χ4v) is 4.74. The number of likely N-dealkylation sites (N-methyl/N-ethyl adjacent to an activating group) is 1. The number of nitrogens with zero attached hydrogens (tertiary/aromatic N) is 2. The monoisotopic (exact) mass is 279 g/mol. The Morgan fingerprint density at radius 1 is 1.00 bits per heavy atom. The van der Waals surface area contributed by atoms with Crippen molar-refractivity contribution < 1.29 is 0 Å². The second-order valence-electron chi connectivity index (χ2n) is 8.05. The lowest BCUT2D eigenvalue weighted by Gasteiger charge is -2.45. The lowest BCUT2D eigenvalue weighted by atomic mass is 9.72. The summed E-state index contributed by atoms with van der Waals surface area (Å²) >= 11 is 0. The van der Waals surface area contributed by atoms with Crippen molar-refractivity contribution in [1.29, 1.82) is 0 Å². The summed E-state index contributed by atoms with van der Waals surface area (Å²) in [6.45, 7) is 10.3. The van der Waals surface area contributed by atoms with E-state index in [4.69, 9.17) is 0 Å². The number of nitrogens with one attached hydrogen (secondary N) is 1. The molecule has 3 rings (SSSR count). The van der Waals surface area contributed by atoms with Crippen LogP contribution in [0.5, 0.6) is 0 Å². The van der Waals surface area contributed by atoms with Crippen LogP contribution in [0, 0.1) is 5.41 Å². The highest BCUT2D eigenvalue weighted by Gasteiger charge is 2.40. The minimum absolute atomic E-state index is 0.531. The van der Waals surface area contributed by atoms with Gasteiger partial charge in [-0.05, 0) is 64.1 Å². The second kappa shape index (κ2) is 5.94. The van der Waals surface area contributed by atoms with Crippen LogP contribution in [0.3, 0.4) is 0 Å². The molecule has 0 bridgehead atoms. The molecular weight excluding hydrogens is 246 g/mol. The number of rotatable bonds is 3. The highest BCUT2D eigenvalue weighted by atomic mass is 15.3. The van der Waals surface area contributed by atoms with Crippen molar-refractivity contribution in [3.8, 4) is 0 Å². The van der Waals surface area contributed by atoms with Crippen molar-refractivity contribution in [1.82, 2.24) is 15.1 Å². The summed E-state index contributed by atoms with van der Waals surface area (Å²) < 4.78 is 0.